The van der Waals surface area contributed by atoms with Crippen molar-refractivity contribution in [2.45, 2.75) is 30.7 Å². The Morgan fingerprint density at radius 1 is 1.00 bits per heavy atom. The predicted octanol–water partition coefficient (Wildman–Crippen LogP) is 3.84. The summed E-state index contributed by atoms with van der Waals surface area (Å²) in [6, 6.07) is 16.9. The Bertz CT molecular complexity index is 1150. The van der Waals surface area contributed by atoms with Crippen molar-refractivity contribution in [2.75, 3.05) is 26.1 Å². The number of rotatable bonds is 11. The quantitative estimate of drug-likeness (QED) is 0.439. The first-order valence-corrected chi connectivity index (χ1v) is 11.9. The van der Waals surface area contributed by atoms with Crippen molar-refractivity contribution in [3.05, 3.63) is 66.4 Å². The number of carbonyl (C=O) groups is 1. The zero-order chi connectivity index (χ0) is 23.8. The summed E-state index contributed by atoms with van der Waals surface area (Å²) in [7, 11) is -0.537. The van der Waals surface area contributed by atoms with Crippen LogP contribution in [-0.2, 0) is 26.0 Å². The predicted molar refractivity (Wildman–Crippen MR) is 126 cm³/mol. The molecule has 0 radical (unpaired) electrons. The number of ether oxygens (including phenoxy) is 2. The molecule has 1 atom stereocenters. The van der Waals surface area contributed by atoms with Gasteiger partial charge in [-0.1, -0.05) is 0 Å². The second kappa shape index (κ2) is 11.1. The van der Waals surface area contributed by atoms with Gasteiger partial charge in [0, 0.05) is 37.2 Å². The normalized spacial score (nSPS) is 12.3. The molecule has 0 bridgehead atoms. The van der Waals surface area contributed by atoms with Crippen molar-refractivity contribution in [3.63, 3.8) is 0 Å². The number of amides is 1. The van der Waals surface area contributed by atoms with Gasteiger partial charge in [-0.15, -0.1) is 0 Å². The zero-order valence-electron chi connectivity index (χ0n) is 18.8. The van der Waals surface area contributed by atoms with Crippen LogP contribution in [0.25, 0.3) is 11.3 Å². The fourth-order valence-corrected chi connectivity index (χ4v) is 4.45. The minimum atomic E-state index is -3.66. The lowest BCUT2D eigenvalue weighted by Gasteiger charge is -2.13. The van der Waals surface area contributed by atoms with Crippen LogP contribution in [0.5, 0.6) is 5.75 Å². The maximum Gasteiger partial charge on any atom is 0.240 e. The maximum absolute atomic E-state index is 12.4. The molecule has 0 aliphatic rings. The monoisotopic (exact) mass is 472 g/mol. The Kier molecular flexibility index (Phi) is 8.26. The van der Waals surface area contributed by atoms with Crippen LogP contribution in [0.1, 0.15) is 19.1 Å². The SMILES string of the molecule is COCC(C)NS(=O)(=O)c1ccc(NC(=O)CCc2ccc(-c3ccc(OC)cc3)o2)cc1. The third-order valence-corrected chi connectivity index (χ3v) is 6.46. The highest BCUT2D eigenvalue weighted by Gasteiger charge is 2.17. The van der Waals surface area contributed by atoms with Crippen LogP contribution in [0, 0.1) is 0 Å². The molecule has 2 aromatic carbocycles. The Labute approximate surface area is 194 Å². The topological polar surface area (TPSA) is 107 Å². The molecule has 0 saturated heterocycles. The van der Waals surface area contributed by atoms with Crippen LogP contribution in [-0.4, -0.2) is 41.2 Å². The second-order valence-electron chi connectivity index (χ2n) is 7.54. The van der Waals surface area contributed by atoms with Crippen molar-refractivity contribution in [2.24, 2.45) is 0 Å². The fraction of sp³-hybridized carbons (Fsp3) is 0.292. The molecular weight excluding hydrogens is 444 g/mol. The summed E-state index contributed by atoms with van der Waals surface area (Å²) in [4.78, 5) is 12.4. The number of benzene rings is 2. The lowest BCUT2D eigenvalue weighted by Crippen LogP contribution is -2.35. The first-order valence-electron chi connectivity index (χ1n) is 10.4. The molecule has 2 N–H and O–H groups in total. The van der Waals surface area contributed by atoms with Crippen LogP contribution in [0.4, 0.5) is 5.69 Å². The molecule has 0 saturated carbocycles. The molecule has 0 aliphatic carbocycles. The van der Waals surface area contributed by atoms with Gasteiger partial charge in [0.05, 0.1) is 18.6 Å². The Morgan fingerprint density at radius 2 is 1.70 bits per heavy atom. The van der Waals surface area contributed by atoms with Gasteiger partial charge in [-0.3, -0.25) is 4.79 Å². The van der Waals surface area contributed by atoms with Gasteiger partial charge in [-0.25, -0.2) is 13.1 Å². The molecule has 1 heterocycles. The summed E-state index contributed by atoms with van der Waals surface area (Å²) >= 11 is 0. The number of sulfonamides is 1. The Balaban J connectivity index is 1.52. The third kappa shape index (κ3) is 6.92. The van der Waals surface area contributed by atoms with Gasteiger partial charge < -0.3 is 19.2 Å². The molecule has 1 unspecified atom stereocenters. The fourth-order valence-electron chi connectivity index (χ4n) is 3.22. The van der Waals surface area contributed by atoms with Crippen molar-refractivity contribution >= 4 is 21.6 Å². The summed E-state index contributed by atoms with van der Waals surface area (Å²) in [6.07, 6.45) is 0.668. The number of hydrogen-bond donors (Lipinski definition) is 2. The number of furan rings is 1. The van der Waals surface area contributed by atoms with Crippen molar-refractivity contribution in [3.8, 4) is 17.1 Å². The van der Waals surface area contributed by atoms with Gasteiger partial charge in [0.2, 0.25) is 15.9 Å². The van der Waals surface area contributed by atoms with Crippen molar-refractivity contribution < 1.29 is 27.1 Å². The summed E-state index contributed by atoms with van der Waals surface area (Å²) in [5, 5.41) is 2.77. The number of methoxy groups -OCH3 is 2. The van der Waals surface area contributed by atoms with E-state index in [0.29, 0.717) is 17.9 Å². The smallest absolute Gasteiger partial charge is 0.240 e. The van der Waals surface area contributed by atoms with Crippen molar-refractivity contribution in [1.82, 2.24) is 4.72 Å². The average molecular weight is 473 g/mol. The standard InChI is InChI=1S/C24H28N2O6S/c1-17(16-30-2)26-33(28,29)22-12-6-19(7-13-22)25-24(27)15-11-21-10-14-23(32-21)18-4-8-20(31-3)9-5-18/h4-10,12-14,17,26H,11,15-16H2,1-3H3,(H,25,27). The van der Waals surface area contributed by atoms with Crippen LogP contribution >= 0.6 is 0 Å². The van der Waals surface area contributed by atoms with E-state index in [-0.39, 0.29) is 29.9 Å². The Morgan fingerprint density at radius 3 is 2.33 bits per heavy atom. The van der Waals surface area contributed by atoms with E-state index < -0.39 is 10.0 Å². The molecule has 0 spiro atoms. The number of anilines is 1. The lowest BCUT2D eigenvalue weighted by molar-refractivity contribution is -0.116. The highest BCUT2D eigenvalue weighted by atomic mass is 32.2. The molecule has 0 aliphatic heterocycles. The highest BCUT2D eigenvalue weighted by molar-refractivity contribution is 7.89. The van der Waals surface area contributed by atoms with E-state index in [0.717, 1.165) is 17.1 Å². The van der Waals surface area contributed by atoms with E-state index >= 15 is 0 Å². The molecule has 33 heavy (non-hydrogen) atoms. The summed E-state index contributed by atoms with van der Waals surface area (Å²) in [5.74, 6) is 2.00. The number of hydrogen-bond acceptors (Lipinski definition) is 6. The van der Waals surface area contributed by atoms with Crippen LogP contribution < -0.4 is 14.8 Å². The summed E-state index contributed by atoms with van der Waals surface area (Å²) in [5.41, 5.74) is 1.44. The van der Waals surface area contributed by atoms with Gasteiger partial charge in [0.25, 0.3) is 0 Å². The zero-order valence-corrected chi connectivity index (χ0v) is 19.6. The first kappa shape index (κ1) is 24.5. The highest BCUT2D eigenvalue weighted by Crippen LogP contribution is 2.25. The minimum Gasteiger partial charge on any atom is -0.497 e. The lowest BCUT2D eigenvalue weighted by atomic mass is 10.2. The van der Waals surface area contributed by atoms with E-state index in [1.165, 1.54) is 19.2 Å². The first-order chi connectivity index (χ1) is 15.8. The maximum atomic E-state index is 12.4. The van der Waals surface area contributed by atoms with E-state index in [4.69, 9.17) is 13.9 Å². The van der Waals surface area contributed by atoms with Crippen molar-refractivity contribution in [1.29, 1.82) is 0 Å². The van der Waals surface area contributed by atoms with Gasteiger partial charge in [0.1, 0.15) is 17.3 Å². The van der Waals surface area contributed by atoms with E-state index in [9.17, 15) is 13.2 Å². The van der Waals surface area contributed by atoms with E-state index in [1.54, 1.807) is 26.2 Å². The molecule has 1 aromatic heterocycles. The summed E-state index contributed by atoms with van der Waals surface area (Å²) < 4.78 is 43.2. The second-order valence-corrected chi connectivity index (χ2v) is 9.26. The van der Waals surface area contributed by atoms with E-state index in [1.807, 2.05) is 36.4 Å². The minimum absolute atomic E-state index is 0.116. The van der Waals surface area contributed by atoms with Crippen LogP contribution in [0.2, 0.25) is 0 Å². The average Bonchev–Trinajstić information content (AvgIpc) is 3.27. The van der Waals surface area contributed by atoms with Gasteiger partial charge in [-0.05, 0) is 67.6 Å². The van der Waals surface area contributed by atoms with Gasteiger partial charge in [-0.2, -0.15) is 0 Å². The molecule has 3 rings (SSSR count). The van der Waals surface area contributed by atoms with Crippen LogP contribution in [0.15, 0.2) is 70.0 Å². The van der Waals surface area contributed by atoms with Gasteiger partial charge >= 0.3 is 0 Å². The molecule has 8 nitrogen and oxygen atoms in total. The molecule has 3 aromatic rings. The van der Waals surface area contributed by atoms with Crippen LogP contribution in [0.3, 0.4) is 0 Å². The Hall–Kier alpha value is -3.14. The molecule has 0 fully saturated rings. The van der Waals surface area contributed by atoms with E-state index in [2.05, 4.69) is 10.0 Å². The third-order valence-electron chi connectivity index (χ3n) is 4.86. The summed E-state index contributed by atoms with van der Waals surface area (Å²) in [6.45, 7) is 1.99. The number of aryl methyl sites for hydroxylation is 1. The van der Waals surface area contributed by atoms with Gasteiger partial charge in [0.15, 0.2) is 0 Å². The largest absolute Gasteiger partial charge is 0.497 e. The number of nitrogens with one attached hydrogen (secondary N) is 2. The molecule has 9 heteroatoms. The number of carbonyl (C=O) groups excluding carboxylic acids is 1. The molecule has 1 amide bonds. The molecular formula is C24H28N2O6S. The molecule has 176 valence electrons.